The first-order valence-corrected chi connectivity index (χ1v) is 6.39. The van der Waals surface area contributed by atoms with Gasteiger partial charge in [0.15, 0.2) is 0 Å². The number of nitrogens with zero attached hydrogens (tertiary/aromatic N) is 2. The monoisotopic (exact) mass is 252 g/mol. The van der Waals surface area contributed by atoms with E-state index in [0.717, 1.165) is 6.42 Å². The van der Waals surface area contributed by atoms with E-state index in [9.17, 15) is 4.79 Å². The van der Waals surface area contributed by atoms with Crippen molar-refractivity contribution in [3.05, 3.63) is 18.5 Å². The molecular formula is C13H24N4O. The number of amides is 1. The smallest absolute Gasteiger partial charge is 0.245 e. The highest BCUT2D eigenvalue weighted by molar-refractivity contribution is 5.80. The Labute approximate surface area is 109 Å². The minimum absolute atomic E-state index is 0.0488. The summed E-state index contributed by atoms with van der Waals surface area (Å²) >= 11 is 0. The van der Waals surface area contributed by atoms with Crippen molar-refractivity contribution in [2.24, 2.45) is 11.7 Å². The fraction of sp³-hybridized carbons (Fsp3) is 0.692. The number of carbonyl (C=O) groups excluding carboxylic acids is 1. The van der Waals surface area contributed by atoms with Crippen molar-refractivity contribution in [2.45, 2.75) is 45.7 Å². The average molecular weight is 252 g/mol. The highest BCUT2D eigenvalue weighted by atomic mass is 16.2. The number of nitrogens with one attached hydrogen (secondary N) is 1. The van der Waals surface area contributed by atoms with E-state index in [4.69, 9.17) is 5.73 Å². The predicted molar refractivity (Wildman–Crippen MR) is 72.0 cm³/mol. The van der Waals surface area contributed by atoms with Gasteiger partial charge in [-0.1, -0.05) is 13.8 Å². The zero-order chi connectivity index (χ0) is 13.8. The van der Waals surface area contributed by atoms with E-state index in [0.29, 0.717) is 12.5 Å². The SMILES string of the molecule is CC(C)CC(C)(CN)NC(=O)C(C)n1cccn1. The van der Waals surface area contributed by atoms with Gasteiger partial charge >= 0.3 is 0 Å². The molecule has 0 aliphatic rings. The third-order valence-corrected chi connectivity index (χ3v) is 3.04. The van der Waals surface area contributed by atoms with E-state index < -0.39 is 0 Å². The highest BCUT2D eigenvalue weighted by Gasteiger charge is 2.28. The second-order valence-corrected chi connectivity index (χ2v) is 5.51. The summed E-state index contributed by atoms with van der Waals surface area (Å²) in [5.41, 5.74) is 5.43. The molecule has 0 aromatic carbocycles. The van der Waals surface area contributed by atoms with Gasteiger partial charge in [0.25, 0.3) is 0 Å². The zero-order valence-corrected chi connectivity index (χ0v) is 11.7. The highest BCUT2D eigenvalue weighted by Crippen LogP contribution is 2.16. The van der Waals surface area contributed by atoms with Gasteiger partial charge in [-0.05, 0) is 32.3 Å². The van der Waals surface area contributed by atoms with Crippen LogP contribution in [0.2, 0.25) is 0 Å². The van der Waals surface area contributed by atoms with Gasteiger partial charge in [-0.2, -0.15) is 5.10 Å². The van der Waals surface area contributed by atoms with Gasteiger partial charge in [0.2, 0.25) is 5.91 Å². The molecule has 1 heterocycles. The van der Waals surface area contributed by atoms with Crippen LogP contribution >= 0.6 is 0 Å². The average Bonchev–Trinajstić information content (AvgIpc) is 2.80. The molecule has 1 amide bonds. The van der Waals surface area contributed by atoms with Gasteiger partial charge in [0.1, 0.15) is 6.04 Å². The Bertz CT molecular complexity index is 374. The van der Waals surface area contributed by atoms with E-state index in [-0.39, 0.29) is 17.5 Å². The maximum atomic E-state index is 12.2. The van der Waals surface area contributed by atoms with Crippen molar-refractivity contribution in [1.82, 2.24) is 15.1 Å². The van der Waals surface area contributed by atoms with Crippen molar-refractivity contribution in [3.63, 3.8) is 0 Å². The lowest BCUT2D eigenvalue weighted by molar-refractivity contribution is -0.126. The van der Waals surface area contributed by atoms with Gasteiger partial charge in [-0.25, -0.2) is 0 Å². The molecule has 18 heavy (non-hydrogen) atoms. The Morgan fingerprint density at radius 2 is 2.17 bits per heavy atom. The summed E-state index contributed by atoms with van der Waals surface area (Å²) < 4.78 is 1.64. The molecule has 1 aromatic rings. The Morgan fingerprint density at radius 1 is 1.50 bits per heavy atom. The summed E-state index contributed by atoms with van der Waals surface area (Å²) in [5.74, 6) is 0.436. The van der Waals surface area contributed by atoms with Crippen molar-refractivity contribution in [3.8, 4) is 0 Å². The molecule has 2 atom stereocenters. The number of nitrogens with two attached hydrogens (primary N) is 1. The van der Waals surface area contributed by atoms with E-state index in [1.54, 1.807) is 23.1 Å². The van der Waals surface area contributed by atoms with Crippen LogP contribution in [-0.4, -0.2) is 27.8 Å². The first-order chi connectivity index (χ1) is 8.38. The molecule has 1 aromatic heterocycles. The number of hydrogen-bond acceptors (Lipinski definition) is 3. The molecule has 5 heteroatoms. The topological polar surface area (TPSA) is 72.9 Å². The molecule has 0 saturated carbocycles. The maximum Gasteiger partial charge on any atom is 0.245 e. The van der Waals surface area contributed by atoms with Crippen LogP contribution in [0.1, 0.15) is 40.2 Å². The summed E-state index contributed by atoms with van der Waals surface area (Å²) in [4.78, 5) is 12.2. The van der Waals surface area contributed by atoms with E-state index >= 15 is 0 Å². The lowest BCUT2D eigenvalue weighted by atomic mass is 9.90. The van der Waals surface area contributed by atoms with Gasteiger partial charge in [-0.15, -0.1) is 0 Å². The molecule has 102 valence electrons. The molecular weight excluding hydrogens is 228 g/mol. The quantitative estimate of drug-likeness (QED) is 0.802. The van der Waals surface area contributed by atoms with Crippen molar-refractivity contribution >= 4 is 5.91 Å². The summed E-state index contributed by atoms with van der Waals surface area (Å²) in [6.07, 6.45) is 4.31. The van der Waals surface area contributed by atoms with Gasteiger partial charge in [0.05, 0.1) is 0 Å². The van der Waals surface area contributed by atoms with Crippen LogP contribution < -0.4 is 11.1 Å². The molecule has 0 saturated heterocycles. The lowest BCUT2D eigenvalue weighted by Gasteiger charge is -2.32. The van der Waals surface area contributed by atoms with E-state index in [1.165, 1.54) is 0 Å². The molecule has 3 N–H and O–H groups in total. The second-order valence-electron chi connectivity index (χ2n) is 5.51. The Kier molecular flexibility index (Phi) is 4.90. The van der Waals surface area contributed by atoms with Crippen LogP contribution in [0.5, 0.6) is 0 Å². The molecule has 1 rings (SSSR count). The van der Waals surface area contributed by atoms with Crippen LogP contribution in [0.4, 0.5) is 0 Å². The largest absolute Gasteiger partial charge is 0.348 e. The van der Waals surface area contributed by atoms with Crippen LogP contribution in [0.15, 0.2) is 18.5 Å². The summed E-state index contributed by atoms with van der Waals surface area (Å²) in [5, 5.41) is 7.12. The number of aromatic nitrogens is 2. The molecule has 2 unspecified atom stereocenters. The second kappa shape index (κ2) is 6.00. The molecule has 0 spiro atoms. The lowest BCUT2D eigenvalue weighted by Crippen LogP contribution is -2.53. The first kappa shape index (κ1) is 14.7. The van der Waals surface area contributed by atoms with Crippen molar-refractivity contribution in [2.75, 3.05) is 6.54 Å². The molecule has 0 aliphatic heterocycles. The standard InChI is InChI=1S/C13H24N4O/c1-10(2)8-13(4,9-14)16-12(18)11(3)17-7-5-6-15-17/h5-7,10-11H,8-9,14H2,1-4H3,(H,16,18). The first-order valence-electron chi connectivity index (χ1n) is 6.39. The number of rotatable bonds is 6. The normalized spacial score (nSPS) is 16.3. The molecule has 0 aliphatic carbocycles. The van der Waals surface area contributed by atoms with Gasteiger partial charge in [0, 0.05) is 24.5 Å². The molecule has 0 radical (unpaired) electrons. The summed E-state index contributed by atoms with van der Waals surface area (Å²) in [7, 11) is 0. The van der Waals surface area contributed by atoms with Gasteiger partial charge in [-0.3, -0.25) is 9.48 Å². The third-order valence-electron chi connectivity index (χ3n) is 3.04. The van der Waals surface area contributed by atoms with Crippen LogP contribution in [0, 0.1) is 5.92 Å². The maximum absolute atomic E-state index is 12.2. The van der Waals surface area contributed by atoms with E-state index in [2.05, 4.69) is 24.3 Å². The van der Waals surface area contributed by atoms with Crippen LogP contribution in [0.3, 0.4) is 0 Å². The van der Waals surface area contributed by atoms with Gasteiger partial charge < -0.3 is 11.1 Å². The summed E-state index contributed by atoms with van der Waals surface area (Å²) in [6, 6.07) is 1.48. The summed E-state index contributed by atoms with van der Waals surface area (Å²) in [6.45, 7) is 8.49. The Morgan fingerprint density at radius 3 is 2.61 bits per heavy atom. The Balaban J connectivity index is 2.67. The Hall–Kier alpha value is -1.36. The fourth-order valence-corrected chi connectivity index (χ4v) is 2.12. The number of carbonyl (C=O) groups is 1. The molecule has 5 nitrogen and oxygen atoms in total. The molecule has 0 bridgehead atoms. The van der Waals surface area contributed by atoms with Crippen LogP contribution in [0.25, 0.3) is 0 Å². The van der Waals surface area contributed by atoms with E-state index in [1.807, 2.05) is 13.8 Å². The predicted octanol–water partition coefficient (Wildman–Crippen LogP) is 1.32. The van der Waals surface area contributed by atoms with Crippen molar-refractivity contribution in [1.29, 1.82) is 0 Å². The third kappa shape index (κ3) is 3.84. The molecule has 0 fully saturated rings. The zero-order valence-electron chi connectivity index (χ0n) is 11.7. The van der Waals surface area contributed by atoms with Crippen molar-refractivity contribution < 1.29 is 4.79 Å². The fourth-order valence-electron chi connectivity index (χ4n) is 2.12. The minimum atomic E-state index is -0.355. The minimum Gasteiger partial charge on any atom is -0.348 e. The number of hydrogen-bond donors (Lipinski definition) is 2. The van der Waals surface area contributed by atoms with Crippen LogP contribution in [-0.2, 0) is 4.79 Å².